The Balaban J connectivity index is 3.22. The van der Waals surface area contributed by atoms with Gasteiger partial charge in [-0.15, -0.1) is 0 Å². The van der Waals surface area contributed by atoms with Gasteiger partial charge in [-0.1, -0.05) is 29.3 Å². The molecule has 14 heavy (non-hydrogen) atoms. The van der Waals surface area contributed by atoms with E-state index in [1.807, 2.05) is 6.92 Å². The van der Waals surface area contributed by atoms with E-state index >= 15 is 0 Å². The molecule has 0 unspecified atom stereocenters. The van der Waals surface area contributed by atoms with E-state index in [2.05, 4.69) is 0 Å². The van der Waals surface area contributed by atoms with Gasteiger partial charge in [-0.3, -0.25) is 0 Å². The van der Waals surface area contributed by atoms with Crippen molar-refractivity contribution in [3.63, 3.8) is 0 Å². The lowest BCUT2D eigenvalue weighted by Crippen LogP contribution is -1.95. The van der Waals surface area contributed by atoms with E-state index in [0.29, 0.717) is 17.1 Å². The van der Waals surface area contributed by atoms with Crippen LogP contribution in [0.25, 0.3) is 5.57 Å². The summed E-state index contributed by atoms with van der Waals surface area (Å²) < 4.78 is 13.1. The summed E-state index contributed by atoms with van der Waals surface area (Å²) in [6.45, 7) is 2.22. The maximum Gasteiger partial charge on any atom is 0.142 e. The van der Waals surface area contributed by atoms with Gasteiger partial charge >= 0.3 is 0 Å². The second-order valence-electron chi connectivity index (χ2n) is 2.87. The van der Waals surface area contributed by atoms with E-state index in [-0.39, 0.29) is 5.02 Å². The molecule has 0 fully saturated rings. The largest absolute Gasteiger partial charge is 0.327 e. The Bertz CT molecular complexity index is 375. The van der Waals surface area contributed by atoms with Crippen molar-refractivity contribution in [2.24, 2.45) is 5.73 Å². The monoisotopic (exact) mass is 233 g/mol. The van der Waals surface area contributed by atoms with Gasteiger partial charge in [-0.05, 0) is 30.2 Å². The van der Waals surface area contributed by atoms with Gasteiger partial charge in [0.25, 0.3) is 0 Å². The molecule has 1 nitrogen and oxygen atoms in total. The second kappa shape index (κ2) is 4.78. The van der Waals surface area contributed by atoms with Crippen LogP contribution in [-0.2, 0) is 0 Å². The zero-order valence-electron chi connectivity index (χ0n) is 7.65. The molecule has 0 heterocycles. The highest BCUT2D eigenvalue weighted by Gasteiger charge is 2.07. The Morgan fingerprint density at radius 3 is 2.64 bits per heavy atom. The molecule has 1 rings (SSSR count). The van der Waals surface area contributed by atoms with E-state index in [1.54, 1.807) is 6.08 Å². The van der Waals surface area contributed by atoms with Crippen LogP contribution in [0.3, 0.4) is 0 Å². The molecule has 0 amide bonds. The molecule has 0 aliphatic heterocycles. The van der Waals surface area contributed by atoms with Crippen molar-refractivity contribution in [3.8, 4) is 0 Å². The summed E-state index contributed by atoms with van der Waals surface area (Å²) in [5.74, 6) is -0.476. The first-order valence-electron chi connectivity index (χ1n) is 4.08. The van der Waals surface area contributed by atoms with Crippen molar-refractivity contribution in [2.75, 3.05) is 6.54 Å². The lowest BCUT2D eigenvalue weighted by Gasteiger charge is -2.05. The zero-order chi connectivity index (χ0) is 10.7. The molecule has 0 aliphatic carbocycles. The van der Waals surface area contributed by atoms with Crippen molar-refractivity contribution in [1.82, 2.24) is 0 Å². The van der Waals surface area contributed by atoms with E-state index in [9.17, 15) is 4.39 Å². The lowest BCUT2D eigenvalue weighted by atomic mass is 10.1. The molecule has 1 aromatic carbocycles. The van der Waals surface area contributed by atoms with Crippen LogP contribution in [0.15, 0.2) is 18.2 Å². The molecule has 0 bridgehead atoms. The molecule has 0 saturated heterocycles. The molecular formula is C10H10Cl2FN. The summed E-state index contributed by atoms with van der Waals surface area (Å²) >= 11 is 11.5. The lowest BCUT2D eigenvalue weighted by molar-refractivity contribution is 0.628. The number of hydrogen-bond acceptors (Lipinski definition) is 1. The SMILES string of the molecule is CC(=CCN)c1cc(F)c(Cl)cc1Cl. The Morgan fingerprint density at radius 1 is 1.43 bits per heavy atom. The predicted octanol–water partition coefficient (Wildman–Crippen LogP) is 3.49. The van der Waals surface area contributed by atoms with Crippen LogP contribution in [0.5, 0.6) is 0 Å². The minimum absolute atomic E-state index is 0.0271. The molecule has 0 atom stereocenters. The number of hydrogen-bond donors (Lipinski definition) is 1. The Kier molecular flexibility index (Phi) is 3.93. The molecular weight excluding hydrogens is 224 g/mol. The second-order valence-corrected chi connectivity index (χ2v) is 3.68. The highest BCUT2D eigenvalue weighted by Crippen LogP contribution is 2.28. The molecule has 76 valence electrons. The summed E-state index contributed by atoms with van der Waals surface area (Å²) in [4.78, 5) is 0. The third-order valence-electron chi connectivity index (χ3n) is 1.86. The summed E-state index contributed by atoms with van der Waals surface area (Å²) in [7, 11) is 0. The Labute approximate surface area is 92.3 Å². The molecule has 0 saturated carbocycles. The van der Waals surface area contributed by atoms with Gasteiger partial charge in [0.1, 0.15) is 5.82 Å². The van der Waals surface area contributed by atoms with Gasteiger partial charge in [0.05, 0.1) is 5.02 Å². The normalized spacial score (nSPS) is 11.9. The molecule has 0 aliphatic rings. The van der Waals surface area contributed by atoms with Crippen molar-refractivity contribution < 1.29 is 4.39 Å². The summed E-state index contributed by atoms with van der Waals surface area (Å²) in [6, 6.07) is 2.70. The van der Waals surface area contributed by atoms with Gasteiger partial charge < -0.3 is 5.73 Å². The molecule has 2 N–H and O–H groups in total. The molecule has 1 aromatic rings. The van der Waals surface area contributed by atoms with Crippen molar-refractivity contribution >= 4 is 28.8 Å². The van der Waals surface area contributed by atoms with Crippen LogP contribution in [-0.4, -0.2) is 6.54 Å². The fourth-order valence-corrected chi connectivity index (χ4v) is 1.64. The smallest absolute Gasteiger partial charge is 0.142 e. The first-order chi connectivity index (χ1) is 6.56. The maximum atomic E-state index is 13.1. The average Bonchev–Trinajstić information content (AvgIpc) is 2.11. The minimum atomic E-state index is -0.476. The first kappa shape index (κ1) is 11.5. The van der Waals surface area contributed by atoms with Gasteiger partial charge in [0.15, 0.2) is 0 Å². The van der Waals surface area contributed by atoms with Crippen LogP contribution in [0, 0.1) is 5.82 Å². The fraction of sp³-hybridized carbons (Fsp3) is 0.200. The zero-order valence-corrected chi connectivity index (χ0v) is 9.16. The molecule has 4 heteroatoms. The molecule has 0 aromatic heterocycles. The molecule has 0 spiro atoms. The minimum Gasteiger partial charge on any atom is -0.327 e. The standard InChI is InChI=1S/C10H10Cl2FN/c1-6(2-3-14)7-4-10(13)9(12)5-8(7)11/h2,4-5H,3,14H2,1H3. The first-order valence-corrected chi connectivity index (χ1v) is 4.83. The Hall–Kier alpha value is -0.570. The van der Waals surface area contributed by atoms with Crippen molar-refractivity contribution in [1.29, 1.82) is 0 Å². The van der Waals surface area contributed by atoms with Crippen LogP contribution >= 0.6 is 23.2 Å². The van der Waals surface area contributed by atoms with E-state index in [4.69, 9.17) is 28.9 Å². The Morgan fingerprint density at radius 2 is 2.07 bits per heavy atom. The number of benzene rings is 1. The number of allylic oxidation sites excluding steroid dienone is 1. The average molecular weight is 234 g/mol. The predicted molar refractivity (Wildman–Crippen MR) is 59.1 cm³/mol. The highest BCUT2D eigenvalue weighted by molar-refractivity contribution is 6.35. The van der Waals surface area contributed by atoms with E-state index in [0.717, 1.165) is 5.57 Å². The summed E-state index contributed by atoms with van der Waals surface area (Å²) in [5, 5.41) is 0.456. The van der Waals surface area contributed by atoms with Gasteiger partial charge in [-0.25, -0.2) is 4.39 Å². The van der Waals surface area contributed by atoms with Gasteiger partial charge in [0, 0.05) is 11.6 Å². The van der Waals surface area contributed by atoms with Crippen LogP contribution < -0.4 is 5.73 Å². The number of halogens is 3. The fourth-order valence-electron chi connectivity index (χ4n) is 1.11. The van der Waals surface area contributed by atoms with Crippen molar-refractivity contribution in [3.05, 3.63) is 39.6 Å². The maximum absolute atomic E-state index is 13.1. The van der Waals surface area contributed by atoms with Crippen LogP contribution in [0.1, 0.15) is 12.5 Å². The van der Waals surface area contributed by atoms with E-state index in [1.165, 1.54) is 12.1 Å². The third kappa shape index (κ3) is 2.47. The van der Waals surface area contributed by atoms with Crippen molar-refractivity contribution in [2.45, 2.75) is 6.92 Å². The summed E-state index contributed by atoms with van der Waals surface area (Å²) in [6.07, 6.45) is 1.77. The van der Waals surface area contributed by atoms with Gasteiger partial charge in [-0.2, -0.15) is 0 Å². The van der Waals surface area contributed by atoms with Crippen LogP contribution in [0.4, 0.5) is 4.39 Å². The van der Waals surface area contributed by atoms with Gasteiger partial charge in [0.2, 0.25) is 0 Å². The number of nitrogens with two attached hydrogens (primary N) is 1. The van der Waals surface area contributed by atoms with Crippen LogP contribution in [0.2, 0.25) is 10.0 Å². The molecule has 0 radical (unpaired) electrons. The number of rotatable bonds is 2. The summed E-state index contributed by atoms with van der Waals surface area (Å²) in [5.41, 5.74) is 6.81. The quantitative estimate of drug-likeness (QED) is 0.778. The highest BCUT2D eigenvalue weighted by atomic mass is 35.5. The van der Waals surface area contributed by atoms with E-state index < -0.39 is 5.82 Å². The topological polar surface area (TPSA) is 26.0 Å². The third-order valence-corrected chi connectivity index (χ3v) is 2.46.